The lowest BCUT2D eigenvalue weighted by Crippen LogP contribution is -2.47. The second-order valence-corrected chi connectivity index (χ2v) is 7.12. The van der Waals surface area contributed by atoms with Gasteiger partial charge < -0.3 is 10.3 Å². The first-order valence-corrected chi connectivity index (χ1v) is 8.51. The van der Waals surface area contributed by atoms with Crippen LogP contribution in [0.5, 0.6) is 0 Å². The van der Waals surface area contributed by atoms with Gasteiger partial charge in [0.05, 0.1) is 6.42 Å². The Hall–Kier alpha value is -2.88. The first-order chi connectivity index (χ1) is 12.0. The van der Waals surface area contributed by atoms with E-state index in [9.17, 15) is 9.59 Å². The van der Waals surface area contributed by atoms with Crippen molar-refractivity contribution in [3.05, 3.63) is 81.6 Å². The van der Waals surface area contributed by atoms with Gasteiger partial charge in [0.15, 0.2) is 0 Å². The van der Waals surface area contributed by atoms with Gasteiger partial charge >= 0.3 is 0 Å². The van der Waals surface area contributed by atoms with Crippen LogP contribution in [0.25, 0.3) is 10.9 Å². The van der Waals surface area contributed by atoms with Crippen molar-refractivity contribution in [2.75, 3.05) is 0 Å². The predicted molar refractivity (Wildman–Crippen MR) is 98.7 cm³/mol. The number of carbonyl (C=O) groups is 1. The van der Waals surface area contributed by atoms with Crippen molar-refractivity contribution in [3.8, 4) is 0 Å². The number of fused-ring (bicyclic) bond motifs is 2. The Bertz CT molecular complexity index is 995. The quantitative estimate of drug-likeness (QED) is 0.775. The Labute approximate surface area is 145 Å². The molecule has 3 aromatic rings. The van der Waals surface area contributed by atoms with Crippen LogP contribution in [0.4, 0.5) is 0 Å². The summed E-state index contributed by atoms with van der Waals surface area (Å²) in [6.45, 7) is 2.07. The van der Waals surface area contributed by atoms with Crippen LogP contribution in [-0.2, 0) is 24.1 Å². The van der Waals surface area contributed by atoms with Gasteiger partial charge in [-0.15, -0.1) is 0 Å². The highest BCUT2D eigenvalue weighted by molar-refractivity contribution is 5.83. The standard InChI is InChI=1S/C21H20N2O2/c1-21(12-15-7-2-3-8-16(15)13-21)23-19(24)11-17-10-14-6-4-5-9-18(14)22-20(17)25/h2-10H,11-13H2,1H3,(H,22,25)(H,23,24). The van der Waals surface area contributed by atoms with Crippen LogP contribution in [0, 0.1) is 0 Å². The maximum absolute atomic E-state index is 12.5. The number of nitrogens with one attached hydrogen (secondary N) is 2. The minimum Gasteiger partial charge on any atom is -0.350 e. The lowest BCUT2D eigenvalue weighted by Gasteiger charge is -2.25. The Morgan fingerprint density at radius 3 is 2.44 bits per heavy atom. The number of hydrogen-bond acceptors (Lipinski definition) is 2. The van der Waals surface area contributed by atoms with Crippen molar-refractivity contribution in [2.24, 2.45) is 0 Å². The van der Waals surface area contributed by atoms with E-state index in [0.29, 0.717) is 5.56 Å². The highest BCUT2D eigenvalue weighted by Gasteiger charge is 2.33. The summed E-state index contributed by atoms with van der Waals surface area (Å²) < 4.78 is 0. The lowest BCUT2D eigenvalue weighted by atomic mass is 9.98. The van der Waals surface area contributed by atoms with Gasteiger partial charge in [-0.1, -0.05) is 42.5 Å². The first-order valence-electron chi connectivity index (χ1n) is 8.51. The molecule has 0 saturated carbocycles. The first kappa shape index (κ1) is 15.6. The average molecular weight is 332 g/mol. The lowest BCUT2D eigenvalue weighted by molar-refractivity contribution is -0.122. The number of amides is 1. The zero-order valence-corrected chi connectivity index (χ0v) is 14.1. The molecule has 2 N–H and O–H groups in total. The van der Waals surface area contributed by atoms with E-state index >= 15 is 0 Å². The van der Waals surface area contributed by atoms with Gasteiger partial charge in [-0.05, 0) is 48.4 Å². The number of para-hydroxylation sites is 1. The fourth-order valence-electron chi connectivity index (χ4n) is 3.77. The van der Waals surface area contributed by atoms with Gasteiger partial charge in [-0.25, -0.2) is 0 Å². The third-order valence-electron chi connectivity index (χ3n) is 4.90. The third kappa shape index (κ3) is 3.07. The summed E-state index contributed by atoms with van der Waals surface area (Å²) >= 11 is 0. The smallest absolute Gasteiger partial charge is 0.252 e. The second kappa shape index (κ2) is 5.88. The van der Waals surface area contributed by atoms with E-state index in [1.807, 2.05) is 36.4 Å². The molecule has 1 aromatic heterocycles. The Balaban J connectivity index is 1.52. The number of benzene rings is 2. The van der Waals surface area contributed by atoms with Crippen molar-refractivity contribution >= 4 is 16.8 Å². The molecular weight excluding hydrogens is 312 g/mol. The summed E-state index contributed by atoms with van der Waals surface area (Å²) in [6, 6.07) is 17.7. The Morgan fingerprint density at radius 2 is 1.72 bits per heavy atom. The number of hydrogen-bond donors (Lipinski definition) is 2. The van der Waals surface area contributed by atoms with E-state index < -0.39 is 0 Å². The van der Waals surface area contributed by atoms with Crippen LogP contribution in [0.15, 0.2) is 59.4 Å². The summed E-state index contributed by atoms with van der Waals surface area (Å²) in [5.41, 5.74) is 3.37. The highest BCUT2D eigenvalue weighted by atomic mass is 16.2. The molecule has 1 aliphatic rings. The molecule has 0 saturated heterocycles. The van der Waals surface area contributed by atoms with Crippen molar-refractivity contribution in [3.63, 3.8) is 0 Å². The molecule has 0 atom stereocenters. The molecule has 0 bridgehead atoms. The summed E-state index contributed by atoms with van der Waals surface area (Å²) in [5.74, 6) is -0.115. The monoisotopic (exact) mass is 332 g/mol. The number of carbonyl (C=O) groups excluding carboxylic acids is 1. The molecule has 0 aliphatic heterocycles. The van der Waals surface area contributed by atoms with Crippen molar-refractivity contribution in [1.82, 2.24) is 10.3 Å². The van der Waals surface area contributed by atoms with Gasteiger partial charge in [0.2, 0.25) is 5.91 Å². The zero-order valence-electron chi connectivity index (χ0n) is 14.1. The molecule has 1 aliphatic carbocycles. The average Bonchev–Trinajstić information content (AvgIpc) is 2.90. The van der Waals surface area contributed by atoms with Crippen LogP contribution in [0.1, 0.15) is 23.6 Å². The van der Waals surface area contributed by atoms with Crippen molar-refractivity contribution < 1.29 is 4.79 Å². The highest BCUT2D eigenvalue weighted by Crippen LogP contribution is 2.29. The molecule has 0 radical (unpaired) electrons. The number of pyridine rings is 1. The van der Waals surface area contributed by atoms with Gasteiger partial charge in [0.25, 0.3) is 5.56 Å². The van der Waals surface area contributed by atoms with E-state index in [1.54, 1.807) is 6.07 Å². The van der Waals surface area contributed by atoms with Gasteiger partial charge in [0.1, 0.15) is 0 Å². The topological polar surface area (TPSA) is 62.0 Å². The molecule has 0 unspecified atom stereocenters. The molecule has 126 valence electrons. The molecule has 25 heavy (non-hydrogen) atoms. The van der Waals surface area contributed by atoms with Crippen LogP contribution < -0.4 is 10.9 Å². The largest absolute Gasteiger partial charge is 0.350 e. The van der Waals surface area contributed by atoms with Gasteiger partial charge in [-0.3, -0.25) is 9.59 Å². The van der Waals surface area contributed by atoms with E-state index in [2.05, 4.69) is 29.4 Å². The van der Waals surface area contributed by atoms with E-state index in [1.165, 1.54) is 11.1 Å². The zero-order chi connectivity index (χ0) is 17.4. The van der Waals surface area contributed by atoms with Crippen LogP contribution in [0.2, 0.25) is 0 Å². The molecule has 2 aromatic carbocycles. The molecule has 0 spiro atoms. The van der Waals surface area contributed by atoms with E-state index in [-0.39, 0.29) is 23.4 Å². The van der Waals surface area contributed by atoms with E-state index in [4.69, 9.17) is 0 Å². The Morgan fingerprint density at radius 1 is 1.08 bits per heavy atom. The minimum absolute atomic E-state index is 0.0894. The fourth-order valence-corrected chi connectivity index (χ4v) is 3.77. The van der Waals surface area contributed by atoms with Crippen LogP contribution >= 0.6 is 0 Å². The normalized spacial score (nSPS) is 15.1. The molecule has 0 fully saturated rings. The molecule has 4 rings (SSSR count). The van der Waals surface area contributed by atoms with E-state index in [0.717, 1.165) is 23.7 Å². The number of aromatic nitrogens is 1. The predicted octanol–water partition coefficient (Wildman–Crippen LogP) is 2.74. The second-order valence-electron chi connectivity index (χ2n) is 7.12. The number of aromatic amines is 1. The van der Waals surface area contributed by atoms with Crippen molar-refractivity contribution in [1.29, 1.82) is 0 Å². The fraction of sp³-hybridized carbons (Fsp3) is 0.238. The summed E-state index contributed by atoms with van der Waals surface area (Å²) in [6.07, 6.45) is 1.73. The summed E-state index contributed by atoms with van der Waals surface area (Å²) in [5, 5.41) is 4.07. The number of rotatable bonds is 3. The maximum atomic E-state index is 12.5. The van der Waals surface area contributed by atoms with Gasteiger partial charge in [0, 0.05) is 16.6 Å². The Kier molecular flexibility index (Phi) is 3.68. The molecule has 4 nitrogen and oxygen atoms in total. The molecule has 1 heterocycles. The number of H-pyrrole nitrogens is 1. The van der Waals surface area contributed by atoms with Crippen LogP contribution in [0.3, 0.4) is 0 Å². The third-order valence-corrected chi connectivity index (χ3v) is 4.90. The SMILES string of the molecule is CC1(NC(=O)Cc2cc3ccccc3[nH]c2=O)Cc2ccccc2C1. The van der Waals surface area contributed by atoms with Crippen LogP contribution in [-0.4, -0.2) is 16.4 Å². The molecular formula is C21H20N2O2. The maximum Gasteiger partial charge on any atom is 0.252 e. The molecule has 1 amide bonds. The molecule has 4 heteroatoms. The van der Waals surface area contributed by atoms with Crippen molar-refractivity contribution in [2.45, 2.75) is 31.7 Å². The summed E-state index contributed by atoms with van der Waals surface area (Å²) in [7, 11) is 0. The summed E-state index contributed by atoms with van der Waals surface area (Å²) in [4.78, 5) is 27.6. The minimum atomic E-state index is -0.287. The van der Waals surface area contributed by atoms with Gasteiger partial charge in [-0.2, -0.15) is 0 Å².